The van der Waals surface area contributed by atoms with E-state index >= 15 is 0 Å². The average molecular weight is 158 g/mol. The second-order valence-electron chi connectivity index (χ2n) is 2.12. The van der Waals surface area contributed by atoms with Crippen molar-refractivity contribution in [2.75, 3.05) is 0 Å². The smallest absolute Gasteiger partial charge is 0.213 e. The number of aromatic hydroxyl groups is 1. The predicted molar refractivity (Wildman–Crippen MR) is 41.7 cm³/mol. The van der Waals surface area contributed by atoms with Crippen LogP contribution < -0.4 is 0 Å². The van der Waals surface area contributed by atoms with E-state index in [1.54, 1.807) is 11.5 Å². The average Bonchev–Trinajstić information content (AvgIpc) is 2.09. The van der Waals surface area contributed by atoms with Crippen molar-refractivity contribution >= 4 is 12.2 Å². The van der Waals surface area contributed by atoms with E-state index in [-0.39, 0.29) is 5.88 Å². The van der Waals surface area contributed by atoms with Crippen LogP contribution in [0.25, 0.3) is 0 Å². The molecule has 0 amide bonds. The molecule has 0 bridgehead atoms. The van der Waals surface area contributed by atoms with Crippen molar-refractivity contribution < 1.29 is 5.11 Å². The van der Waals surface area contributed by atoms with Crippen LogP contribution in [0, 0.1) is 11.7 Å². The number of hydrogen-bond acceptors (Lipinski definition) is 2. The van der Waals surface area contributed by atoms with E-state index < -0.39 is 0 Å². The molecule has 0 saturated heterocycles. The summed E-state index contributed by atoms with van der Waals surface area (Å²) >= 11 is 4.91. The Hall–Kier alpha value is -0.770. The van der Waals surface area contributed by atoms with E-state index in [2.05, 4.69) is 4.98 Å². The van der Waals surface area contributed by atoms with Crippen LogP contribution in [0.1, 0.15) is 12.6 Å². The molecule has 10 heavy (non-hydrogen) atoms. The Labute approximate surface area is 64.3 Å². The number of nitrogens with one attached hydrogen (secondary N) is 1. The van der Waals surface area contributed by atoms with Crippen molar-refractivity contribution in [3.8, 4) is 5.88 Å². The first-order valence-corrected chi connectivity index (χ1v) is 3.56. The van der Waals surface area contributed by atoms with Gasteiger partial charge in [0.15, 0.2) is 4.77 Å². The maximum absolute atomic E-state index is 9.28. The van der Waals surface area contributed by atoms with Crippen LogP contribution in [0.2, 0.25) is 0 Å². The minimum absolute atomic E-state index is 0.243. The SMILES string of the molecule is CCn1c(O)c(C)[nH]c1=S. The highest BCUT2D eigenvalue weighted by Gasteiger charge is 2.02. The van der Waals surface area contributed by atoms with Crippen LogP contribution >= 0.6 is 12.2 Å². The third-order valence-electron chi connectivity index (χ3n) is 1.45. The highest BCUT2D eigenvalue weighted by molar-refractivity contribution is 7.71. The van der Waals surface area contributed by atoms with Crippen LogP contribution in [0.15, 0.2) is 0 Å². The Kier molecular flexibility index (Phi) is 1.80. The molecule has 0 saturated carbocycles. The number of aromatic nitrogens is 2. The fourth-order valence-electron chi connectivity index (χ4n) is 0.876. The number of imidazole rings is 1. The van der Waals surface area contributed by atoms with Gasteiger partial charge in [-0.25, -0.2) is 0 Å². The van der Waals surface area contributed by atoms with Crippen LogP contribution in [-0.4, -0.2) is 14.7 Å². The molecule has 0 aliphatic heterocycles. The fourth-order valence-corrected chi connectivity index (χ4v) is 1.24. The number of aromatic amines is 1. The van der Waals surface area contributed by atoms with Gasteiger partial charge in [-0.2, -0.15) is 0 Å². The Balaban J connectivity index is 3.34. The van der Waals surface area contributed by atoms with Crippen molar-refractivity contribution in [3.05, 3.63) is 10.5 Å². The molecule has 56 valence electrons. The molecule has 0 radical (unpaired) electrons. The van der Waals surface area contributed by atoms with Crippen molar-refractivity contribution in [2.24, 2.45) is 0 Å². The summed E-state index contributed by atoms with van der Waals surface area (Å²) in [6.45, 7) is 4.43. The van der Waals surface area contributed by atoms with Gasteiger partial charge in [0.05, 0.1) is 5.69 Å². The van der Waals surface area contributed by atoms with E-state index in [0.29, 0.717) is 11.3 Å². The molecule has 0 aromatic carbocycles. The van der Waals surface area contributed by atoms with Gasteiger partial charge in [-0.3, -0.25) is 4.57 Å². The maximum Gasteiger partial charge on any atom is 0.213 e. The van der Waals surface area contributed by atoms with E-state index in [1.165, 1.54) is 0 Å². The Bertz CT molecular complexity index is 286. The molecule has 1 aromatic rings. The highest BCUT2D eigenvalue weighted by atomic mass is 32.1. The maximum atomic E-state index is 9.28. The quantitative estimate of drug-likeness (QED) is 0.609. The zero-order chi connectivity index (χ0) is 7.72. The summed E-state index contributed by atoms with van der Waals surface area (Å²) in [6, 6.07) is 0. The van der Waals surface area contributed by atoms with E-state index in [0.717, 1.165) is 5.69 Å². The predicted octanol–water partition coefficient (Wildman–Crippen LogP) is 1.58. The first-order valence-electron chi connectivity index (χ1n) is 3.15. The largest absolute Gasteiger partial charge is 0.493 e. The first kappa shape index (κ1) is 7.34. The Morgan fingerprint density at radius 2 is 2.30 bits per heavy atom. The first-order chi connectivity index (χ1) is 4.66. The van der Waals surface area contributed by atoms with E-state index in [1.807, 2.05) is 6.92 Å². The molecule has 0 unspecified atom stereocenters. The molecular weight excluding hydrogens is 148 g/mol. The molecule has 2 N–H and O–H groups in total. The molecule has 1 heterocycles. The number of H-pyrrole nitrogens is 1. The summed E-state index contributed by atoms with van der Waals surface area (Å²) in [5, 5.41) is 9.28. The van der Waals surface area contributed by atoms with Crippen LogP contribution in [0.5, 0.6) is 5.88 Å². The van der Waals surface area contributed by atoms with Crippen molar-refractivity contribution in [1.82, 2.24) is 9.55 Å². The monoisotopic (exact) mass is 158 g/mol. The highest BCUT2D eigenvalue weighted by Crippen LogP contribution is 2.14. The molecule has 0 spiro atoms. The third-order valence-corrected chi connectivity index (χ3v) is 1.77. The summed E-state index contributed by atoms with van der Waals surface area (Å²) in [4.78, 5) is 2.85. The summed E-state index contributed by atoms with van der Waals surface area (Å²) in [5.41, 5.74) is 0.729. The van der Waals surface area contributed by atoms with Gasteiger partial charge >= 0.3 is 0 Å². The van der Waals surface area contributed by atoms with Gasteiger partial charge in [0, 0.05) is 6.54 Å². The topological polar surface area (TPSA) is 41.0 Å². The second kappa shape index (κ2) is 2.46. The molecule has 4 heteroatoms. The number of rotatable bonds is 1. The van der Waals surface area contributed by atoms with Gasteiger partial charge in [0.25, 0.3) is 0 Å². The van der Waals surface area contributed by atoms with Gasteiger partial charge in [-0.05, 0) is 26.1 Å². The van der Waals surface area contributed by atoms with Gasteiger partial charge in [0.2, 0.25) is 5.88 Å². The normalized spacial score (nSPS) is 10.2. The standard InChI is InChI=1S/C6H10N2OS/c1-3-8-5(9)4(2)7-6(8)10/h9H,3H2,1-2H3,(H,7,10). The summed E-state index contributed by atoms with van der Waals surface area (Å²) in [7, 11) is 0. The van der Waals surface area contributed by atoms with Crippen molar-refractivity contribution in [2.45, 2.75) is 20.4 Å². The van der Waals surface area contributed by atoms with Crippen molar-refractivity contribution in [1.29, 1.82) is 0 Å². The third kappa shape index (κ3) is 0.945. The van der Waals surface area contributed by atoms with Crippen LogP contribution in [0.3, 0.4) is 0 Å². The Morgan fingerprint density at radius 1 is 1.70 bits per heavy atom. The number of nitrogens with zero attached hydrogens (tertiary/aromatic N) is 1. The zero-order valence-electron chi connectivity index (χ0n) is 6.01. The molecule has 0 aliphatic rings. The minimum atomic E-state index is 0.243. The lowest BCUT2D eigenvalue weighted by atomic mass is 10.5. The van der Waals surface area contributed by atoms with Gasteiger partial charge < -0.3 is 10.1 Å². The lowest BCUT2D eigenvalue weighted by Crippen LogP contribution is -1.91. The molecule has 3 nitrogen and oxygen atoms in total. The van der Waals surface area contributed by atoms with Gasteiger partial charge in [0.1, 0.15) is 0 Å². The van der Waals surface area contributed by atoms with Gasteiger partial charge in [-0.15, -0.1) is 0 Å². The van der Waals surface area contributed by atoms with Gasteiger partial charge in [-0.1, -0.05) is 0 Å². The molecule has 0 aliphatic carbocycles. The van der Waals surface area contributed by atoms with E-state index in [9.17, 15) is 5.11 Å². The molecular formula is C6H10N2OS. The van der Waals surface area contributed by atoms with Crippen LogP contribution in [0.4, 0.5) is 0 Å². The van der Waals surface area contributed by atoms with Crippen molar-refractivity contribution in [3.63, 3.8) is 0 Å². The number of aryl methyl sites for hydroxylation is 1. The molecule has 1 rings (SSSR count). The lowest BCUT2D eigenvalue weighted by Gasteiger charge is -1.96. The molecule has 0 fully saturated rings. The van der Waals surface area contributed by atoms with E-state index in [4.69, 9.17) is 12.2 Å². The Morgan fingerprint density at radius 3 is 2.50 bits per heavy atom. The summed E-state index contributed by atoms with van der Waals surface area (Å²) in [6.07, 6.45) is 0. The zero-order valence-corrected chi connectivity index (χ0v) is 6.83. The van der Waals surface area contributed by atoms with Crippen LogP contribution in [-0.2, 0) is 6.54 Å². The molecule has 1 aromatic heterocycles. The summed E-state index contributed by atoms with van der Waals surface area (Å²) in [5.74, 6) is 0.243. The molecule has 0 atom stereocenters. The minimum Gasteiger partial charge on any atom is -0.493 e. The fraction of sp³-hybridized carbons (Fsp3) is 0.500. The lowest BCUT2D eigenvalue weighted by molar-refractivity contribution is 0.417. The second-order valence-corrected chi connectivity index (χ2v) is 2.51. The number of hydrogen-bond donors (Lipinski definition) is 2. The summed E-state index contributed by atoms with van der Waals surface area (Å²) < 4.78 is 2.22.